The standard InChI is InChI=1S/C22H29ClFN6O13P3S/c1-38-21(32)13(8-9-47-2)29-44(33,41-12-6-4-3-5-7-12)42-46(36,37)43-45(34,35)39-10-14-17(31)15(24)20(40-14)30-11-26-16-18(25)27-22(23)28-19(16)30/h3-7,11,13-15,17,20,31H,8-10H2,1-2H3,(H,29,33)(H,34,35)(H,36,37)(H2,25,27,28)/t13-,14+,15-,17+,20+,44?/m0/s1. The minimum Gasteiger partial charge on any atom is -0.468 e. The molecule has 0 amide bonds. The molecule has 4 rings (SSSR count). The second-order valence-corrected chi connectivity index (χ2v) is 15.7. The minimum atomic E-state index is -5.84. The summed E-state index contributed by atoms with van der Waals surface area (Å²) in [6.45, 7) is -1.06. The van der Waals surface area contributed by atoms with E-state index >= 15 is 4.39 Å². The van der Waals surface area contributed by atoms with Gasteiger partial charge in [-0.25, -0.2) is 23.1 Å². The van der Waals surface area contributed by atoms with Crippen LogP contribution in [0.4, 0.5) is 10.2 Å². The average molecular weight is 765 g/mol. The SMILES string of the molecule is COC(=O)[C@H](CCSC)NP(=O)(Oc1ccccc1)OP(=O)(O)OP(=O)(O)OC[C@H]1O[C@@H](n2cnc3c(N)nc(Cl)nc32)[C@@H](F)[C@@H]1O. The number of esters is 1. The van der Waals surface area contributed by atoms with Crippen LogP contribution >= 0.6 is 46.8 Å². The second-order valence-electron chi connectivity index (χ2n) is 9.49. The number of imidazole rings is 1. The number of fused-ring (bicyclic) bond motifs is 1. The molecule has 1 aliphatic rings. The molecule has 1 saturated heterocycles. The summed E-state index contributed by atoms with van der Waals surface area (Å²) in [5.74, 6) is -0.846. The van der Waals surface area contributed by atoms with Gasteiger partial charge in [0.05, 0.1) is 20.0 Å². The van der Waals surface area contributed by atoms with E-state index in [1.807, 2.05) is 0 Å². The number of phosphoric ester groups is 1. The van der Waals surface area contributed by atoms with E-state index in [1.54, 1.807) is 12.3 Å². The number of carbonyl (C=O) groups is 1. The Hall–Kier alpha value is -2.22. The van der Waals surface area contributed by atoms with Crippen LogP contribution in [0.15, 0.2) is 36.7 Å². The number of anilines is 1. The van der Waals surface area contributed by atoms with E-state index in [1.165, 1.54) is 36.0 Å². The van der Waals surface area contributed by atoms with Gasteiger partial charge in [0, 0.05) is 0 Å². The van der Waals surface area contributed by atoms with E-state index in [9.17, 15) is 33.4 Å². The van der Waals surface area contributed by atoms with Crippen LogP contribution in [0.3, 0.4) is 0 Å². The number of alkyl halides is 1. The molecule has 1 fully saturated rings. The number of carbonyl (C=O) groups excluding carboxylic acids is 1. The van der Waals surface area contributed by atoms with Crippen molar-refractivity contribution in [2.45, 2.75) is 37.1 Å². The van der Waals surface area contributed by atoms with E-state index < -0.39 is 66.6 Å². The highest BCUT2D eigenvalue weighted by Gasteiger charge is 2.49. The number of nitrogen functional groups attached to an aromatic ring is 1. The van der Waals surface area contributed by atoms with E-state index in [4.69, 9.17) is 30.9 Å². The lowest BCUT2D eigenvalue weighted by atomic mass is 10.1. The molecule has 0 bridgehead atoms. The first-order chi connectivity index (χ1) is 22.1. The molecule has 3 heterocycles. The summed E-state index contributed by atoms with van der Waals surface area (Å²) in [5.41, 5.74) is 5.76. The maximum Gasteiger partial charge on any atom is 0.490 e. The summed E-state index contributed by atoms with van der Waals surface area (Å²) in [6.07, 6.45) is -4.54. The number of aromatic nitrogens is 4. The summed E-state index contributed by atoms with van der Waals surface area (Å²) in [7, 11) is -15.5. The lowest BCUT2D eigenvalue weighted by molar-refractivity contribution is -0.142. The molecule has 260 valence electrons. The fraction of sp³-hybridized carbons (Fsp3) is 0.455. The highest BCUT2D eigenvalue weighted by atomic mass is 35.5. The predicted molar refractivity (Wildman–Crippen MR) is 164 cm³/mol. The zero-order valence-electron chi connectivity index (χ0n) is 24.3. The number of rotatable bonds is 16. The number of hydrogen-bond acceptors (Lipinski definition) is 16. The Kier molecular flexibility index (Phi) is 12.4. The number of nitrogens with one attached hydrogen (secondary N) is 1. The molecule has 47 heavy (non-hydrogen) atoms. The first-order valence-electron chi connectivity index (χ1n) is 13.1. The monoisotopic (exact) mass is 764 g/mol. The maximum atomic E-state index is 15.1. The third kappa shape index (κ3) is 9.70. The number of hydrogen-bond donors (Lipinski definition) is 5. The number of nitrogens with two attached hydrogens (primary N) is 1. The zero-order chi connectivity index (χ0) is 34.6. The smallest absolute Gasteiger partial charge is 0.468 e. The van der Waals surface area contributed by atoms with E-state index in [0.717, 1.165) is 18.0 Å². The molecule has 0 radical (unpaired) electrons. The third-order valence-electron chi connectivity index (χ3n) is 6.19. The van der Waals surface area contributed by atoms with Crippen molar-refractivity contribution in [2.24, 2.45) is 0 Å². The van der Waals surface area contributed by atoms with Crippen molar-refractivity contribution in [3.63, 3.8) is 0 Å². The topological polar surface area (TPSA) is 266 Å². The fourth-order valence-electron chi connectivity index (χ4n) is 4.13. The molecule has 25 heteroatoms. The van der Waals surface area contributed by atoms with Crippen LogP contribution in [0.5, 0.6) is 5.75 Å². The number of methoxy groups -OCH3 is 1. The van der Waals surface area contributed by atoms with Gasteiger partial charge in [-0.05, 0) is 42.2 Å². The van der Waals surface area contributed by atoms with Crippen molar-refractivity contribution in [1.82, 2.24) is 24.6 Å². The Labute approximate surface area is 275 Å². The molecule has 19 nitrogen and oxygen atoms in total. The number of nitrogens with zero attached hydrogens (tertiary/aromatic N) is 4. The van der Waals surface area contributed by atoms with Gasteiger partial charge >= 0.3 is 29.4 Å². The van der Waals surface area contributed by atoms with Crippen molar-refractivity contribution < 1.29 is 64.9 Å². The van der Waals surface area contributed by atoms with Gasteiger partial charge in [-0.3, -0.25) is 13.9 Å². The number of aliphatic hydroxyl groups is 1. The van der Waals surface area contributed by atoms with Crippen molar-refractivity contribution >= 4 is 69.7 Å². The molecule has 0 spiro atoms. The van der Waals surface area contributed by atoms with Crippen LogP contribution in [0.2, 0.25) is 5.28 Å². The Bertz CT molecular complexity index is 1710. The minimum absolute atomic E-state index is 0.0000478. The van der Waals surface area contributed by atoms with Crippen LogP contribution in [-0.2, 0) is 41.1 Å². The zero-order valence-corrected chi connectivity index (χ0v) is 28.5. The molecular weight excluding hydrogens is 736 g/mol. The van der Waals surface area contributed by atoms with Gasteiger partial charge in [0.1, 0.15) is 29.5 Å². The number of aliphatic hydroxyl groups excluding tert-OH is 1. The van der Waals surface area contributed by atoms with Crippen LogP contribution in [-0.4, -0.2) is 90.5 Å². The molecule has 3 unspecified atom stereocenters. The van der Waals surface area contributed by atoms with Gasteiger partial charge in [0.15, 0.2) is 23.9 Å². The van der Waals surface area contributed by atoms with Crippen LogP contribution < -0.4 is 15.3 Å². The van der Waals surface area contributed by atoms with Crippen molar-refractivity contribution in [2.75, 3.05) is 31.5 Å². The van der Waals surface area contributed by atoms with Crippen LogP contribution in [0, 0.1) is 0 Å². The third-order valence-corrected chi connectivity index (χ3v) is 11.9. The first kappa shape index (κ1) is 37.6. The van der Waals surface area contributed by atoms with E-state index in [-0.39, 0.29) is 34.4 Å². The fourth-order valence-corrected chi connectivity index (χ4v) is 9.20. The first-order valence-corrected chi connectivity index (χ1v) is 19.4. The Morgan fingerprint density at radius 1 is 1.21 bits per heavy atom. The lowest BCUT2D eigenvalue weighted by Gasteiger charge is -2.25. The molecular formula is C22H29ClFN6O13P3S. The van der Waals surface area contributed by atoms with Gasteiger partial charge < -0.3 is 34.6 Å². The number of thioether (sulfide) groups is 1. The predicted octanol–water partition coefficient (Wildman–Crippen LogP) is 2.98. The average Bonchev–Trinajstić information content (AvgIpc) is 3.53. The highest BCUT2D eigenvalue weighted by Crippen LogP contribution is 2.67. The van der Waals surface area contributed by atoms with Crippen molar-refractivity contribution in [1.29, 1.82) is 0 Å². The summed E-state index contributed by atoms with van der Waals surface area (Å²) in [5, 5.41) is 12.3. The quantitative estimate of drug-likeness (QED) is 0.0797. The molecule has 6 N–H and O–H groups in total. The van der Waals surface area contributed by atoms with Gasteiger partial charge in [0.25, 0.3) is 0 Å². The van der Waals surface area contributed by atoms with Gasteiger partial charge in [-0.2, -0.15) is 35.4 Å². The molecule has 0 aliphatic carbocycles. The maximum absolute atomic E-state index is 15.1. The summed E-state index contributed by atoms with van der Waals surface area (Å²) in [4.78, 5) is 44.5. The largest absolute Gasteiger partial charge is 0.490 e. The summed E-state index contributed by atoms with van der Waals surface area (Å²) in [6, 6.07) is 5.74. The summed E-state index contributed by atoms with van der Waals surface area (Å²) < 4.78 is 84.5. The summed E-state index contributed by atoms with van der Waals surface area (Å²) >= 11 is 7.15. The second kappa shape index (κ2) is 15.6. The molecule has 1 aromatic carbocycles. The number of halogens is 2. The van der Waals surface area contributed by atoms with Crippen molar-refractivity contribution in [3.8, 4) is 5.75 Å². The Morgan fingerprint density at radius 3 is 2.57 bits per heavy atom. The number of ether oxygens (including phenoxy) is 2. The van der Waals surface area contributed by atoms with Gasteiger partial charge in [-0.15, -0.1) is 0 Å². The molecule has 3 aromatic rings. The molecule has 1 aliphatic heterocycles. The molecule has 2 aromatic heterocycles. The lowest BCUT2D eigenvalue weighted by Crippen LogP contribution is -2.37. The molecule has 0 saturated carbocycles. The van der Waals surface area contributed by atoms with Crippen LogP contribution in [0.1, 0.15) is 12.6 Å². The number of para-hydroxylation sites is 1. The van der Waals surface area contributed by atoms with E-state index in [2.05, 4.69) is 33.6 Å². The van der Waals surface area contributed by atoms with Crippen molar-refractivity contribution in [3.05, 3.63) is 41.9 Å². The normalized spacial score (nSPS) is 24.2. The van der Waals surface area contributed by atoms with Gasteiger partial charge in [-0.1, -0.05) is 18.2 Å². The number of benzene rings is 1. The highest BCUT2D eigenvalue weighted by molar-refractivity contribution is 7.98. The van der Waals surface area contributed by atoms with E-state index in [0.29, 0.717) is 5.75 Å². The van der Waals surface area contributed by atoms with Gasteiger partial charge in [0.2, 0.25) is 5.28 Å². The molecule has 8 atom stereocenters. The Morgan fingerprint density at radius 2 is 1.91 bits per heavy atom. The number of phosphoric acid groups is 2. The van der Waals surface area contributed by atoms with Crippen LogP contribution in [0.25, 0.3) is 11.2 Å². The Balaban J connectivity index is 1.46.